The maximum Gasteiger partial charge on any atom is 0.335 e. The number of benzene rings is 2. The van der Waals surface area contributed by atoms with Gasteiger partial charge in [0.25, 0.3) is 0 Å². The van der Waals surface area contributed by atoms with Gasteiger partial charge in [0.2, 0.25) is 5.91 Å². The molecule has 0 bridgehead atoms. The Balaban J connectivity index is 0.000000283. The van der Waals surface area contributed by atoms with Crippen LogP contribution in [0, 0.1) is 0 Å². The zero-order chi connectivity index (χ0) is 21.3. The van der Waals surface area contributed by atoms with Crippen molar-refractivity contribution in [3.05, 3.63) is 53.6 Å². The van der Waals surface area contributed by atoms with Gasteiger partial charge in [-0.3, -0.25) is 4.79 Å². The van der Waals surface area contributed by atoms with Crippen LogP contribution >= 0.6 is 0 Å². The molecule has 0 unspecified atom stereocenters. The van der Waals surface area contributed by atoms with E-state index in [2.05, 4.69) is 30.1 Å². The van der Waals surface area contributed by atoms with Gasteiger partial charge in [0, 0.05) is 31.4 Å². The van der Waals surface area contributed by atoms with Gasteiger partial charge in [-0.1, -0.05) is 6.07 Å². The minimum Gasteiger partial charge on any atom is -0.508 e. The lowest BCUT2D eigenvalue weighted by atomic mass is 10.1. The number of nitrogens with one attached hydrogen (secondary N) is 1. The second kappa shape index (κ2) is 10.6. The number of carbonyl (C=O) groups excluding carboxylic acids is 1. The van der Waals surface area contributed by atoms with Crippen LogP contribution in [0.5, 0.6) is 5.75 Å². The van der Waals surface area contributed by atoms with Crippen molar-refractivity contribution in [3.8, 4) is 5.75 Å². The third-order valence-corrected chi connectivity index (χ3v) is 3.71. The fourth-order valence-electron chi connectivity index (χ4n) is 2.43. The summed E-state index contributed by atoms with van der Waals surface area (Å²) in [4.78, 5) is 34.0. The van der Waals surface area contributed by atoms with Crippen molar-refractivity contribution in [2.45, 2.75) is 20.8 Å². The summed E-state index contributed by atoms with van der Waals surface area (Å²) in [5.74, 6) is -2.97. The molecule has 8 nitrogen and oxygen atoms in total. The predicted molar refractivity (Wildman–Crippen MR) is 106 cm³/mol. The summed E-state index contributed by atoms with van der Waals surface area (Å²) in [6.07, 6.45) is 0. The molecule has 1 amide bonds. The van der Waals surface area contributed by atoms with E-state index in [1.165, 1.54) is 6.92 Å². The number of hydrogen-bond donors (Lipinski definition) is 4. The molecule has 0 atom stereocenters. The van der Waals surface area contributed by atoms with E-state index in [0.29, 0.717) is 0 Å². The van der Waals surface area contributed by atoms with Gasteiger partial charge in [-0.15, -0.1) is 0 Å². The first-order valence-corrected chi connectivity index (χ1v) is 8.61. The molecular formula is C20H24N2O6. The lowest BCUT2D eigenvalue weighted by Crippen LogP contribution is -2.21. The van der Waals surface area contributed by atoms with Crippen molar-refractivity contribution in [1.82, 2.24) is 0 Å². The van der Waals surface area contributed by atoms with E-state index in [-0.39, 0.29) is 22.8 Å². The first-order valence-electron chi connectivity index (χ1n) is 8.61. The number of phenolic OH excluding ortho intramolecular Hbond substituents is 1. The van der Waals surface area contributed by atoms with Gasteiger partial charge in [-0.2, -0.15) is 0 Å². The first-order chi connectivity index (χ1) is 13.2. The van der Waals surface area contributed by atoms with Crippen LogP contribution in [0.1, 0.15) is 41.5 Å². The highest BCUT2D eigenvalue weighted by molar-refractivity contribution is 5.94. The number of amides is 1. The van der Waals surface area contributed by atoms with Crippen LogP contribution in [-0.4, -0.2) is 46.3 Å². The summed E-state index contributed by atoms with van der Waals surface area (Å²) in [7, 11) is 0. The Morgan fingerprint density at radius 1 is 0.929 bits per heavy atom. The fourth-order valence-corrected chi connectivity index (χ4v) is 2.43. The molecule has 0 spiro atoms. The molecule has 0 aliphatic rings. The summed E-state index contributed by atoms with van der Waals surface area (Å²) < 4.78 is 0. The van der Waals surface area contributed by atoms with E-state index >= 15 is 0 Å². The Hall–Kier alpha value is -3.55. The number of rotatable bonds is 6. The lowest BCUT2D eigenvalue weighted by Gasteiger charge is -2.21. The zero-order valence-corrected chi connectivity index (χ0v) is 16.0. The van der Waals surface area contributed by atoms with Gasteiger partial charge in [0.15, 0.2) is 0 Å². The number of aromatic carboxylic acids is 2. The molecule has 28 heavy (non-hydrogen) atoms. The van der Waals surface area contributed by atoms with Gasteiger partial charge in [0.05, 0.1) is 11.1 Å². The van der Waals surface area contributed by atoms with Gasteiger partial charge < -0.3 is 25.5 Å². The second-order valence-electron chi connectivity index (χ2n) is 5.78. The monoisotopic (exact) mass is 388 g/mol. The zero-order valence-electron chi connectivity index (χ0n) is 16.0. The summed E-state index contributed by atoms with van der Waals surface area (Å²) in [5.41, 5.74) is 1.49. The average molecular weight is 388 g/mol. The Morgan fingerprint density at radius 2 is 1.46 bits per heavy atom. The van der Waals surface area contributed by atoms with E-state index in [1.807, 2.05) is 18.2 Å². The minimum absolute atomic E-state index is 0.0355. The standard InChI is InChI=1S/C12H18N2O.C8H6O5/c1-4-14(5-2)12-8-6-7-11(9-12)13-10(3)15;9-6-2-4(7(10)11)1-5(3-6)8(12)13/h6-9H,4-5H2,1-3H3,(H,13,15);1-3,9H,(H,10,11)(H,12,13). The first kappa shape index (κ1) is 22.5. The van der Waals surface area contributed by atoms with Crippen molar-refractivity contribution in [1.29, 1.82) is 0 Å². The number of carboxylic acids is 2. The average Bonchev–Trinajstić information content (AvgIpc) is 2.62. The Labute approximate surface area is 163 Å². The summed E-state index contributed by atoms with van der Waals surface area (Å²) >= 11 is 0. The number of carbonyl (C=O) groups is 3. The van der Waals surface area contributed by atoms with Crippen molar-refractivity contribution in [2.24, 2.45) is 0 Å². The number of aromatic hydroxyl groups is 1. The predicted octanol–water partition coefficient (Wildman–Crippen LogP) is 3.28. The molecular weight excluding hydrogens is 364 g/mol. The Kier molecular flexibility index (Phi) is 8.48. The van der Waals surface area contributed by atoms with E-state index in [0.717, 1.165) is 42.7 Å². The molecule has 2 aromatic rings. The molecule has 0 radical (unpaired) electrons. The number of nitrogens with zero attached hydrogens (tertiary/aromatic N) is 1. The van der Waals surface area contributed by atoms with Crippen molar-refractivity contribution in [2.75, 3.05) is 23.3 Å². The molecule has 2 rings (SSSR count). The van der Waals surface area contributed by atoms with Crippen molar-refractivity contribution >= 4 is 29.2 Å². The highest BCUT2D eigenvalue weighted by Crippen LogP contribution is 2.19. The molecule has 150 valence electrons. The summed E-state index contributed by atoms with van der Waals surface area (Å²) in [6, 6.07) is 10.8. The van der Waals surface area contributed by atoms with E-state index in [9.17, 15) is 14.4 Å². The molecule has 8 heteroatoms. The van der Waals surface area contributed by atoms with Crippen LogP contribution in [0.3, 0.4) is 0 Å². The number of hydrogen-bond acceptors (Lipinski definition) is 5. The largest absolute Gasteiger partial charge is 0.508 e. The Bertz CT molecular complexity index is 814. The smallest absolute Gasteiger partial charge is 0.335 e. The maximum atomic E-state index is 10.9. The van der Waals surface area contributed by atoms with Crippen LogP contribution in [0.4, 0.5) is 11.4 Å². The van der Waals surface area contributed by atoms with Crippen LogP contribution in [-0.2, 0) is 4.79 Å². The van der Waals surface area contributed by atoms with Crippen molar-refractivity contribution in [3.63, 3.8) is 0 Å². The topological polar surface area (TPSA) is 127 Å². The molecule has 0 fully saturated rings. The van der Waals surface area contributed by atoms with Crippen LogP contribution in [0.25, 0.3) is 0 Å². The summed E-state index contributed by atoms with van der Waals surface area (Å²) in [5, 5.41) is 28.8. The molecule has 4 N–H and O–H groups in total. The van der Waals surface area contributed by atoms with Gasteiger partial charge >= 0.3 is 11.9 Å². The third-order valence-electron chi connectivity index (χ3n) is 3.71. The number of phenols is 1. The fraction of sp³-hybridized carbons (Fsp3) is 0.250. The van der Waals surface area contributed by atoms with E-state index < -0.39 is 11.9 Å². The molecule has 0 saturated carbocycles. The highest BCUT2D eigenvalue weighted by Gasteiger charge is 2.10. The lowest BCUT2D eigenvalue weighted by molar-refractivity contribution is -0.114. The number of anilines is 2. The molecule has 0 heterocycles. The molecule has 0 aliphatic heterocycles. The van der Waals surface area contributed by atoms with E-state index in [1.54, 1.807) is 0 Å². The summed E-state index contributed by atoms with van der Waals surface area (Å²) in [6.45, 7) is 7.70. The normalized spacial score (nSPS) is 9.68. The van der Waals surface area contributed by atoms with Gasteiger partial charge in [-0.05, 0) is 50.2 Å². The van der Waals surface area contributed by atoms with Crippen LogP contribution in [0.15, 0.2) is 42.5 Å². The molecule has 0 saturated heterocycles. The quantitative estimate of drug-likeness (QED) is 0.598. The van der Waals surface area contributed by atoms with Gasteiger partial charge in [0.1, 0.15) is 5.75 Å². The van der Waals surface area contributed by atoms with E-state index in [4.69, 9.17) is 15.3 Å². The highest BCUT2D eigenvalue weighted by atomic mass is 16.4. The maximum absolute atomic E-state index is 10.9. The molecule has 0 aromatic heterocycles. The number of carboxylic acid groups (broad SMARTS) is 2. The van der Waals surface area contributed by atoms with Gasteiger partial charge in [-0.25, -0.2) is 9.59 Å². The molecule has 2 aromatic carbocycles. The van der Waals surface area contributed by atoms with Crippen LogP contribution in [0.2, 0.25) is 0 Å². The Morgan fingerprint density at radius 3 is 1.89 bits per heavy atom. The van der Waals surface area contributed by atoms with Crippen LogP contribution < -0.4 is 10.2 Å². The SMILES string of the molecule is CCN(CC)c1cccc(NC(C)=O)c1.O=C(O)c1cc(O)cc(C(=O)O)c1. The molecule has 0 aliphatic carbocycles. The van der Waals surface area contributed by atoms with Crippen molar-refractivity contribution < 1.29 is 29.7 Å². The minimum atomic E-state index is -1.28. The second-order valence-corrected chi connectivity index (χ2v) is 5.78. The third kappa shape index (κ3) is 6.99.